The van der Waals surface area contributed by atoms with Gasteiger partial charge in [0.2, 0.25) is 0 Å². The molecule has 7 aromatic carbocycles. The summed E-state index contributed by atoms with van der Waals surface area (Å²) in [5.41, 5.74) is 20.8. The van der Waals surface area contributed by atoms with Crippen molar-refractivity contribution in [3.8, 4) is 22.3 Å². The Morgan fingerprint density at radius 1 is 0.593 bits per heavy atom. The van der Waals surface area contributed by atoms with Gasteiger partial charge < -0.3 is 14.1 Å². The molecule has 8 aromatic rings. The Bertz CT molecular complexity index is 2880. The number of fused-ring (bicyclic) bond motifs is 10. The van der Waals surface area contributed by atoms with Gasteiger partial charge in [-0.15, -0.1) is 0 Å². The van der Waals surface area contributed by atoms with Crippen LogP contribution in [0.3, 0.4) is 0 Å². The maximum Gasteiger partial charge on any atom is 0.333 e. The smallest absolute Gasteiger partial charge is 0.333 e. The summed E-state index contributed by atoms with van der Waals surface area (Å²) in [6.45, 7) is 13.9. The molecule has 4 heterocycles. The number of hydrogen-bond donors (Lipinski definition) is 0. The number of aryl methyl sites for hydroxylation is 1. The van der Waals surface area contributed by atoms with Crippen LogP contribution in [-0.2, 0) is 10.8 Å². The third kappa shape index (κ3) is 4.14. The SMILES string of the molecule is Cc1cc2c3c(c1)N(c1ccc(C(C)(C)C)cc1-c1ccccc1)c1c(ccc4oc5ccccc5c14)B3N1c3ccccc3C(C)(C)c3cccc-2c31. The van der Waals surface area contributed by atoms with Crippen molar-refractivity contribution < 1.29 is 4.42 Å². The molecule has 11 rings (SSSR count). The lowest BCUT2D eigenvalue weighted by atomic mass is 9.42. The van der Waals surface area contributed by atoms with Crippen LogP contribution in [0.2, 0.25) is 0 Å². The lowest BCUT2D eigenvalue weighted by Gasteiger charge is -2.51. The molecule has 0 atom stereocenters. The molecule has 54 heavy (non-hydrogen) atoms. The van der Waals surface area contributed by atoms with Crippen LogP contribution in [0.5, 0.6) is 0 Å². The van der Waals surface area contributed by atoms with Crippen molar-refractivity contribution in [2.45, 2.75) is 52.4 Å². The van der Waals surface area contributed by atoms with E-state index in [2.05, 4.69) is 191 Å². The summed E-state index contributed by atoms with van der Waals surface area (Å²) in [5, 5.41) is 2.29. The van der Waals surface area contributed by atoms with Crippen molar-refractivity contribution in [3.63, 3.8) is 0 Å². The summed E-state index contributed by atoms with van der Waals surface area (Å²) in [6, 6.07) is 52.1. The van der Waals surface area contributed by atoms with Gasteiger partial charge in [-0.05, 0) is 93.0 Å². The highest BCUT2D eigenvalue weighted by Crippen LogP contribution is 2.57. The van der Waals surface area contributed by atoms with Gasteiger partial charge in [-0.1, -0.05) is 138 Å². The summed E-state index contributed by atoms with van der Waals surface area (Å²) in [7, 11) is 0. The molecule has 0 amide bonds. The van der Waals surface area contributed by atoms with E-state index in [9.17, 15) is 0 Å². The van der Waals surface area contributed by atoms with E-state index in [1.165, 1.54) is 83.9 Å². The molecule has 0 fully saturated rings. The van der Waals surface area contributed by atoms with Crippen molar-refractivity contribution in [3.05, 3.63) is 162 Å². The predicted octanol–water partition coefficient (Wildman–Crippen LogP) is 12.2. The molecule has 0 N–H and O–H groups in total. The van der Waals surface area contributed by atoms with Crippen molar-refractivity contribution in [1.82, 2.24) is 0 Å². The molecule has 3 nitrogen and oxygen atoms in total. The fraction of sp³-hybridized carbons (Fsp3) is 0.160. The first-order chi connectivity index (χ1) is 26.1. The average molecular weight is 697 g/mol. The molecule has 3 aliphatic rings. The van der Waals surface area contributed by atoms with Gasteiger partial charge in [0.15, 0.2) is 0 Å². The molecule has 260 valence electrons. The Labute approximate surface area is 317 Å². The summed E-state index contributed by atoms with van der Waals surface area (Å²) < 4.78 is 6.68. The van der Waals surface area contributed by atoms with Gasteiger partial charge in [0.1, 0.15) is 11.2 Å². The minimum absolute atomic E-state index is 0.0136. The zero-order valence-corrected chi connectivity index (χ0v) is 31.7. The summed E-state index contributed by atoms with van der Waals surface area (Å²) in [4.78, 5) is 5.27. The van der Waals surface area contributed by atoms with Crippen LogP contribution in [0.25, 0.3) is 44.2 Å². The molecule has 3 aliphatic heterocycles. The molecule has 1 aromatic heterocycles. The van der Waals surface area contributed by atoms with E-state index in [1.807, 2.05) is 0 Å². The zero-order valence-electron chi connectivity index (χ0n) is 31.7. The number of rotatable bonds is 2. The number of para-hydroxylation sites is 3. The Kier molecular flexibility index (Phi) is 6.30. The molecular formula is C50H41BN2O. The second-order valence-corrected chi connectivity index (χ2v) is 17.0. The Balaban J connectivity index is 1.33. The number of benzene rings is 7. The van der Waals surface area contributed by atoms with Gasteiger partial charge in [-0.3, -0.25) is 0 Å². The molecule has 4 heteroatoms. The Hall–Kier alpha value is -6.00. The monoisotopic (exact) mass is 696 g/mol. The van der Waals surface area contributed by atoms with E-state index in [4.69, 9.17) is 4.42 Å². The van der Waals surface area contributed by atoms with Crippen LogP contribution in [0.4, 0.5) is 28.4 Å². The highest BCUT2D eigenvalue weighted by atomic mass is 16.3. The van der Waals surface area contributed by atoms with Crippen molar-refractivity contribution in [1.29, 1.82) is 0 Å². The third-order valence-electron chi connectivity index (χ3n) is 12.4. The van der Waals surface area contributed by atoms with Crippen molar-refractivity contribution in [2.24, 2.45) is 0 Å². The van der Waals surface area contributed by atoms with Gasteiger partial charge in [-0.2, -0.15) is 0 Å². The second-order valence-electron chi connectivity index (χ2n) is 17.0. The van der Waals surface area contributed by atoms with Gasteiger partial charge in [0.25, 0.3) is 0 Å². The van der Waals surface area contributed by atoms with Crippen LogP contribution >= 0.6 is 0 Å². The largest absolute Gasteiger partial charge is 0.456 e. The number of anilines is 5. The van der Waals surface area contributed by atoms with Crippen LogP contribution in [0.1, 0.15) is 56.9 Å². The van der Waals surface area contributed by atoms with E-state index < -0.39 is 0 Å². The summed E-state index contributed by atoms with van der Waals surface area (Å²) in [5.74, 6) is 0. The fourth-order valence-electron chi connectivity index (χ4n) is 9.86. The number of hydrogen-bond acceptors (Lipinski definition) is 3. The van der Waals surface area contributed by atoms with Gasteiger partial charge in [0.05, 0.1) is 16.8 Å². The maximum absolute atomic E-state index is 6.68. The van der Waals surface area contributed by atoms with Gasteiger partial charge in [-0.25, -0.2) is 0 Å². The first-order valence-corrected chi connectivity index (χ1v) is 19.2. The topological polar surface area (TPSA) is 19.6 Å². The van der Waals surface area contributed by atoms with Gasteiger partial charge in [0, 0.05) is 39.0 Å². The minimum atomic E-state index is -0.157. The summed E-state index contributed by atoms with van der Waals surface area (Å²) in [6.07, 6.45) is 0. The van der Waals surface area contributed by atoms with Crippen molar-refractivity contribution in [2.75, 3.05) is 9.71 Å². The van der Waals surface area contributed by atoms with E-state index in [-0.39, 0.29) is 17.7 Å². The normalized spacial score (nSPS) is 14.9. The minimum Gasteiger partial charge on any atom is -0.456 e. The van der Waals surface area contributed by atoms with E-state index in [0.717, 1.165) is 21.9 Å². The highest BCUT2D eigenvalue weighted by Gasteiger charge is 2.50. The molecule has 0 bridgehead atoms. The zero-order chi connectivity index (χ0) is 36.7. The predicted molar refractivity (Wildman–Crippen MR) is 228 cm³/mol. The van der Waals surface area contributed by atoms with Crippen LogP contribution in [-0.4, -0.2) is 6.85 Å². The fourth-order valence-corrected chi connectivity index (χ4v) is 9.86. The van der Waals surface area contributed by atoms with Crippen molar-refractivity contribution >= 4 is 68.1 Å². The Morgan fingerprint density at radius 2 is 1.35 bits per heavy atom. The van der Waals surface area contributed by atoms with E-state index in [1.54, 1.807) is 0 Å². The quantitative estimate of drug-likeness (QED) is 0.168. The van der Waals surface area contributed by atoms with E-state index in [0.29, 0.717) is 0 Å². The molecule has 0 saturated heterocycles. The highest BCUT2D eigenvalue weighted by molar-refractivity contribution is 6.94. The third-order valence-corrected chi connectivity index (χ3v) is 12.4. The van der Waals surface area contributed by atoms with Crippen LogP contribution < -0.4 is 20.6 Å². The first-order valence-electron chi connectivity index (χ1n) is 19.2. The van der Waals surface area contributed by atoms with Gasteiger partial charge >= 0.3 is 6.85 Å². The number of nitrogens with zero attached hydrogens (tertiary/aromatic N) is 2. The molecule has 0 spiro atoms. The standard InChI is InChI=1S/C50H41BN2O/c1-30-27-36-33-18-14-20-38-47(33)53(41-21-12-11-19-37(41)50(38,5)6)51-39-24-26-44-45(34-17-10-13-22-43(34)54-44)48(39)52(42(28-30)46(36)51)40-25-23-32(49(2,3)4)29-35(40)31-15-8-7-9-16-31/h7-29H,1-6H3. The first kappa shape index (κ1) is 31.5. The van der Waals surface area contributed by atoms with Crippen LogP contribution in [0, 0.1) is 6.92 Å². The van der Waals surface area contributed by atoms with E-state index >= 15 is 0 Å². The molecular weight excluding hydrogens is 655 g/mol. The second kappa shape index (κ2) is 10.8. The molecule has 0 radical (unpaired) electrons. The lowest BCUT2D eigenvalue weighted by Crippen LogP contribution is -2.63. The number of furan rings is 1. The lowest BCUT2D eigenvalue weighted by molar-refractivity contribution is 0.590. The van der Waals surface area contributed by atoms with Crippen LogP contribution in [0.15, 0.2) is 144 Å². The maximum atomic E-state index is 6.68. The molecule has 0 aliphatic carbocycles. The Morgan fingerprint density at radius 3 is 2.19 bits per heavy atom. The average Bonchev–Trinajstić information content (AvgIpc) is 3.56. The molecule has 0 saturated carbocycles. The summed E-state index contributed by atoms with van der Waals surface area (Å²) >= 11 is 0. The molecule has 0 unspecified atom stereocenters.